The number of nitrogens with two attached hydrogens (primary N) is 1. The molecule has 10 nitrogen and oxygen atoms in total. The van der Waals surface area contributed by atoms with Gasteiger partial charge in [0.25, 0.3) is 5.91 Å². The molecule has 4 N–H and O–H groups in total. The topological polar surface area (TPSA) is 132 Å². The first-order chi connectivity index (χ1) is 18.0. The summed E-state index contributed by atoms with van der Waals surface area (Å²) in [7, 11) is 0. The fourth-order valence-corrected chi connectivity index (χ4v) is 4.48. The minimum atomic E-state index is -0.976. The van der Waals surface area contributed by atoms with Gasteiger partial charge >= 0.3 is 0 Å². The van der Waals surface area contributed by atoms with Crippen molar-refractivity contribution in [3.63, 3.8) is 0 Å². The van der Waals surface area contributed by atoms with Crippen LogP contribution in [-0.4, -0.2) is 73.8 Å². The molecule has 198 valence electrons. The molecule has 2 heterocycles. The van der Waals surface area contributed by atoms with Crippen LogP contribution in [0.4, 0.5) is 0 Å². The van der Waals surface area contributed by atoms with Gasteiger partial charge in [-0.25, -0.2) is 0 Å². The third kappa shape index (κ3) is 7.06. The maximum absolute atomic E-state index is 13.1. The maximum atomic E-state index is 13.1. The molecule has 2 aromatic rings. The van der Waals surface area contributed by atoms with Crippen molar-refractivity contribution >= 4 is 17.7 Å². The van der Waals surface area contributed by atoms with Gasteiger partial charge in [-0.1, -0.05) is 24.6 Å². The SMILES string of the molecule is NCCCCCNC(=O)C1CC2(CN1C(=O)CNC(=O)c1ccc(Oc3ccccc3)cc1)OCCO2. The number of nitrogens with one attached hydrogen (secondary N) is 2. The Balaban J connectivity index is 1.31. The molecule has 2 fully saturated rings. The Hall–Kier alpha value is -3.47. The van der Waals surface area contributed by atoms with Crippen LogP contribution in [0.5, 0.6) is 11.5 Å². The van der Waals surface area contributed by atoms with Crippen molar-refractivity contribution in [2.45, 2.75) is 37.5 Å². The van der Waals surface area contributed by atoms with Crippen molar-refractivity contribution in [1.82, 2.24) is 15.5 Å². The van der Waals surface area contributed by atoms with Crippen LogP contribution in [0.3, 0.4) is 0 Å². The van der Waals surface area contributed by atoms with E-state index >= 15 is 0 Å². The molecule has 1 atom stereocenters. The third-order valence-corrected chi connectivity index (χ3v) is 6.40. The molecule has 0 aliphatic carbocycles. The summed E-state index contributed by atoms with van der Waals surface area (Å²) in [4.78, 5) is 40.1. The number of benzene rings is 2. The molecule has 0 saturated carbocycles. The predicted molar refractivity (Wildman–Crippen MR) is 136 cm³/mol. The van der Waals surface area contributed by atoms with Gasteiger partial charge in [-0.15, -0.1) is 0 Å². The van der Waals surface area contributed by atoms with Crippen LogP contribution < -0.4 is 21.1 Å². The molecule has 3 amide bonds. The van der Waals surface area contributed by atoms with E-state index in [1.54, 1.807) is 24.3 Å². The monoisotopic (exact) mass is 510 g/mol. The molecule has 0 bridgehead atoms. The van der Waals surface area contributed by atoms with Gasteiger partial charge in [0.05, 0.1) is 26.3 Å². The first-order valence-corrected chi connectivity index (χ1v) is 12.7. The molecule has 2 aliphatic rings. The number of amides is 3. The lowest BCUT2D eigenvalue weighted by Crippen LogP contribution is -2.49. The van der Waals surface area contributed by atoms with E-state index in [0.29, 0.717) is 43.4 Å². The van der Waals surface area contributed by atoms with Crippen molar-refractivity contribution in [2.75, 3.05) is 39.4 Å². The summed E-state index contributed by atoms with van der Waals surface area (Å²) in [5, 5.41) is 5.56. The number of nitrogens with zero attached hydrogens (tertiary/aromatic N) is 1. The van der Waals surface area contributed by atoms with Crippen LogP contribution in [0.15, 0.2) is 54.6 Å². The zero-order valence-electron chi connectivity index (χ0n) is 20.8. The Labute approximate surface area is 216 Å². The molecule has 37 heavy (non-hydrogen) atoms. The Kier molecular flexibility index (Phi) is 9.10. The zero-order chi connectivity index (χ0) is 26.1. The average molecular weight is 511 g/mol. The quantitative estimate of drug-likeness (QED) is 0.393. The van der Waals surface area contributed by atoms with E-state index in [4.69, 9.17) is 19.9 Å². The van der Waals surface area contributed by atoms with Gasteiger partial charge in [-0.2, -0.15) is 0 Å². The smallest absolute Gasteiger partial charge is 0.251 e. The minimum absolute atomic E-state index is 0.137. The van der Waals surface area contributed by atoms with Crippen molar-refractivity contribution in [2.24, 2.45) is 5.73 Å². The van der Waals surface area contributed by atoms with Crippen molar-refractivity contribution in [1.29, 1.82) is 0 Å². The molecule has 0 aromatic heterocycles. The molecular formula is C27H34N4O6. The van der Waals surface area contributed by atoms with Gasteiger partial charge in [0, 0.05) is 18.5 Å². The molecule has 0 radical (unpaired) electrons. The molecular weight excluding hydrogens is 476 g/mol. The van der Waals surface area contributed by atoms with Gasteiger partial charge in [0.1, 0.15) is 17.5 Å². The van der Waals surface area contributed by atoms with Crippen LogP contribution in [0.1, 0.15) is 36.0 Å². The van der Waals surface area contributed by atoms with Crippen LogP contribution in [0.2, 0.25) is 0 Å². The standard InChI is InChI=1S/C27H34N4O6/c28-13-5-2-6-14-29-26(34)23-17-27(35-15-16-36-27)19-31(23)24(32)18-30-25(33)20-9-11-22(12-10-20)37-21-7-3-1-4-8-21/h1,3-4,7-12,23H,2,5-6,13-19,28H2,(H,29,34)(H,30,33). The number of hydrogen-bond donors (Lipinski definition) is 3. The van der Waals surface area contributed by atoms with E-state index < -0.39 is 17.7 Å². The second-order valence-electron chi connectivity index (χ2n) is 9.11. The highest BCUT2D eigenvalue weighted by atomic mass is 16.7. The third-order valence-electron chi connectivity index (χ3n) is 6.40. The molecule has 1 spiro atoms. The Bertz CT molecular complexity index is 1060. The van der Waals surface area contributed by atoms with Gasteiger partial charge < -0.3 is 35.5 Å². The van der Waals surface area contributed by atoms with Crippen LogP contribution in [0.25, 0.3) is 0 Å². The zero-order valence-corrected chi connectivity index (χ0v) is 20.8. The summed E-state index contributed by atoms with van der Waals surface area (Å²) in [5.41, 5.74) is 5.90. The predicted octanol–water partition coefficient (Wildman–Crippen LogP) is 1.80. The fraction of sp³-hybridized carbons (Fsp3) is 0.444. The number of unbranched alkanes of at least 4 members (excludes halogenated alkanes) is 2. The molecule has 2 aromatic carbocycles. The molecule has 4 rings (SSSR count). The number of ether oxygens (including phenoxy) is 3. The number of carbonyl (C=O) groups excluding carboxylic acids is 3. The summed E-state index contributed by atoms with van der Waals surface area (Å²) >= 11 is 0. The van der Waals surface area contributed by atoms with E-state index in [1.165, 1.54) is 4.90 Å². The van der Waals surface area contributed by atoms with Crippen molar-refractivity contribution in [3.05, 3.63) is 60.2 Å². The summed E-state index contributed by atoms with van der Waals surface area (Å²) in [6.07, 6.45) is 2.89. The van der Waals surface area contributed by atoms with Crippen LogP contribution in [-0.2, 0) is 19.1 Å². The number of carbonyl (C=O) groups is 3. The second-order valence-corrected chi connectivity index (χ2v) is 9.11. The first kappa shape index (κ1) is 26.6. The minimum Gasteiger partial charge on any atom is -0.457 e. The maximum Gasteiger partial charge on any atom is 0.251 e. The number of hydrogen-bond acceptors (Lipinski definition) is 7. The number of para-hydroxylation sites is 1. The summed E-state index contributed by atoms with van der Waals surface area (Å²) in [6.45, 7) is 1.84. The number of rotatable bonds is 11. The Morgan fingerprint density at radius 3 is 2.35 bits per heavy atom. The average Bonchev–Trinajstić information content (AvgIpc) is 3.54. The van der Waals surface area contributed by atoms with Gasteiger partial charge in [-0.05, 0) is 55.8 Å². The second kappa shape index (κ2) is 12.7. The molecule has 10 heteroatoms. The lowest BCUT2D eigenvalue weighted by atomic mass is 10.1. The summed E-state index contributed by atoms with van der Waals surface area (Å²) < 4.78 is 17.3. The first-order valence-electron chi connectivity index (χ1n) is 12.7. The Morgan fingerprint density at radius 1 is 0.946 bits per heavy atom. The highest BCUT2D eigenvalue weighted by Crippen LogP contribution is 2.34. The van der Waals surface area contributed by atoms with E-state index in [0.717, 1.165) is 19.3 Å². The molecule has 2 saturated heterocycles. The fourth-order valence-electron chi connectivity index (χ4n) is 4.48. The van der Waals surface area contributed by atoms with Crippen LogP contribution in [0, 0.1) is 0 Å². The van der Waals surface area contributed by atoms with E-state index in [2.05, 4.69) is 10.6 Å². The Morgan fingerprint density at radius 2 is 1.65 bits per heavy atom. The van der Waals surface area contributed by atoms with Gasteiger partial charge in [0.15, 0.2) is 5.79 Å². The van der Waals surface area contributed by atoms with E-state index in [9.17, 15) is 14.4 Å². The molecule has 2 aliphatic heterocycles. The van der Waals surface area contributed by atoms with E-state index in [1.807, 2.05) is 30.3 Å². The lowest BCUT2D eigenvalue weighted by Gasteiger charge is -2.24. The normalized spacial score (nSPS) is 18.1. The molecule has 1 unspecified atom stereocenters. The van der Waals surface area contributed by atoms with E-state index in [-0.39, 0.29) is 31.3 Å². The van der Waals surface area contributed by atoms with Gasteiger partial charge in [0.2, 0.25) is 11.8 Å². The summed E-state index contributed by atoms with van der Waals surface area (Å²) in [5.74, 6) is -0.722. The van der Waals surface area contributed by atoms with Gasteiger partial charge in [-0.3, -0.25) is 14.4 Å². The largest absolute Gasteiger partial charge is 0.457 e. The van der Waals surface area contributed by atoms with Crippen molar-refractivity contribution in [3.8, 4) is 11.5 Å². The van der Waals surface area contributed by atoms with Crippen LogP contribution >= 0.6 is 0 Å². The van der Waals surface area contributed by atoms with Crippen molar-refractivity contribution < 1.29 is 28.6 Å². The lowest BCUT2D eigenvalue weighted by molar-refractivity contribution is -0.152. The highest BCUT2D eigenvalue weighted by Gasteiger charge is 2.52. The summed E-state index contributed by atoms with van der Waals surface area (Å²) in [6, 6.07) is 15.2. The number of likely N-dealkylation sites (tertiary alicyclic amines) is 1. The highest BCUT2D eigenvalue weighted by molar-refractivity contribution is 5.97.